The highest BCUT2D eigenvalue weighted by Crippen LogP contribution is 2.21. The van der Waals surface area contributed by atoms with Gasteiger partial charge in [-0.2, -0.15) is 8.42 Å². The highest BCUT2D eigenvalue weighted by Gasteiger charge is 2.24. The molecule has 0 bridgehead atoms. The Morgan fingerprint density at radius 3 is 2.00 bits per heavy atom. The Labute approximate surface area is 125 Å². The molecule has 0 spiro atoms. The topological polar surface area (TPSA) is 43.4 Å². The first kappa shape index (κ1) is 18.0. The Bertz CT molecular complexity index is 325. The second kappa shape index (κ2) is 10.6. The van der Waals surface area contributed by atoms with Crippen molar-refractivity contribution in [2.45, 2.75) is 96.5 Å². The smallest absolute Gasteiger partial charge is 0.267 e. The van der Waals surface area contributed by atoms with Crippen LogP contribution in [0.2, 0.25) is 0 Å². The first-order valence-corrected chi connectivity index (χ1v) is 10.1. The first-order valence-electron chi connectivity index (χ1n) is 8.55. The molecule has 1 heterocycles. The van der Waals surface area contributed by atoms with Gasteiger partial charge in [-0.1, -0.05) is 71.1 Å². The molecule has 1 atom stereocenters. The number of unbranched alkanes of at least 4 members (excludes halogenated alkanes) is 9. The fraction of sp³-hybridized carbons (Fsp3) is 1.00. The summed E-state index contributed by atoms with van der Waals surface area (Å²) in [5.41, 5.74) is 0. The predicted octanol–water partition coefficient (Wildman–Crippen LogP) is 4.81. The lowest BCUT2D eigenvalue weighted by molar-refractivity contribution is 0.169. The average Bonchev–Trinajstić information content (AvgIpc) is 2.40. The van der Waals surface area contributed by atoms with Gasteiger partial charge in [-0.3, -0.25) is 4.18 Å². The fourth-order valence-corrected chi connectivity index (χ4v) is 4.07. The van der Waals surface area contributed by atoms with Gasteiger partial charge in [-0.05, 0) is 19.3 Å². The van der Waals surface area contributed by atoms with Crippen LogP contribution >= 0.6 is 0 Å². The van der Waals surface area contributed by atoms with E-state index in [9.17, 15) is 8.42 Å². The molecule has 0 aromatic heterocycles. The molecule has 3 nitrogen and oxygen atoms in total. The monoisotopic (exact) mass is 304 g/mol. The quantitative estimate of drug-likeness (QED) is 0.406. The van der Waals surface area contributed by atoms with Crippen molar-refractivity contribution in [3.63, 3.8) is 0 Å². The second-order valence-electron chi connectivity index (χ2n) is 6.09. The van der Waals surface area contributed by atoms with Crippen LogP contribution in [0.4, 0.5) is 0 Å². The van der Waals surface area contributed by atoms with Gasteiger partial charge in [0, 0.05) is 0 Å². The summed E-state index contributed by atoms with van der Waals surface area (Å²) in [7, 11) is -3.19. The molecule has 1 unspecified atom stereocenters. The van der Waals surface area contributed by atoms with Gasteiger partial charge < -0.3 is 0 Å². The molecule has 1 fully saturated rings. The first-order chi connectivity index (χ1) is 9.64. The van der Waals surface area contributed by atoms with E-state index < -0.39 is 10.1 Å². The summed E-state index contributed by atoms with van der Waals surface area (Å²) in [6.45, 7) is 2.25. The number of rotatable bonds is 11. The van der Waals surface area contributed by atoms with E-state index >= 15 is 0 Å². The summed E-state index contributed by atoms with van der Waals surface area (Å²) in [5, 5.41) is 0. The minimum absolute atomic E-state index is 0.0391. The van der Waals surface area contributed by atoms with E-state index in [1.807, 2.05) is 0 Å². The molecule has 0 aliphatic carbocycles. The number of hydrogen-bond acceptors (Lipinski definition) is 3. The van der Waals surface area contributed by atoms with Crippen LogP contribution in [-0.2, 0) is 14.3 Å². The molecule has 1 rings (SSSR count). The average molecular weight is 304 g/mol. The maximum absolute atomic E-state index is 11.3. The fourth-order valence-electron chi connectivity index (χ4n) is 2.84. The Morgan fingerprint density at radius 2 is 1.45 bits per heavy atom. The molecule has 0 aromatic carbocycles. The van der Waals surface area contributed by atoms with E-state index in [2.05, 4.69) is 6.92 Å². The Balaban J connectivity index is 1.87. The van der Waals surface area contributed by atoms with Crippen molar-refractivity contribution < 1.29 is 12.6 Å². The maximum Gasteiger partial charge on any atom is 0.267 e. The minimum atomic E-state index is -3.19. The van der Waals surface area contributed by atoms with Crippen molar-refractivity contribution in [1.82, 2.24) is 0 Å². The SMILES string of the molecule is CCCCCCCCCCCCC1CCCS(=O)(=O)O1. The molecule has 0 N–H and O–H groups in total. The van der Waals surface area contributed by atoms with Crippen LogP contribution in [0.3, 0.4) is 0 Å². The Morgan fingerprint density at radius 1 is 0.900 bits per heavy atom. The van der Waals surface area contributed by atoms with Crippen molar-refractivity contribution in [3.05, 3.63) is 0 Å². The number of hydrogen-bond donors (Lipinski definition) is 0. The molecule has 4 heteroatoms. The van der Waals surface area contributed by atoms with Crippen LogP contribution in [-0.4, -0.2) is 20.3 Å². The second-order valence-corrected chi connectivity index (χ2v) is 7.81. The van der Waals surface area contributed by atoms with Gasteiger partial charge in [0.2, 0.25) is 0 Å². The highest BCUT2D eigenvalue weighted by atomic mass is 32.2. The molecule has 20 heavy (non-hydrogen) atoms. The van der Waals surface area contributed by atoms with Crippen LogP contribution in [0.5, 0.6) is 0 Å². The third kappa shape index (κ3) is 8.96. The van der Waals surface area contributed by atoms with Crippen molar-refractivity contribution in [3.8, 4) is 0 Å². The molecule has 0 amide bonds. The van der Waals surface area contributed by atoms with Crippen molar-refractivity contribution in [2.75, 3.05) is 5.75 Å². The minimum Gasteiger partial charge on any atom is -0.267 e. The summed E-state index contributed by atoms with van der Waals surface area (Å²) in [6, 6.07) is 0. The van der Waals surface area contributed by atoms with Crippen molar-refractivity contribution in [2.24, 2.45) is 0 Å². The van der Waals surface area contributed by atoms with Crippen LogP contribution in [0, 0.1) is 0 Å². The summed E-state index contributed by atoms with van der Waals surface area (Å²) >= 11 is 0. The molecule has 0 saturated carbocycles. The zero-order valence-corrected chi connectivity index (χ0v) is 13.9. The Hall–Kier alpha value is -0.0900. The summed E-state index contributed by atoms with van der Waals surface area (Å²) in [5.74, 6) is 0.210. The van der Waals surface area contributed by atoms with E-state index in [1.165, 1.54) is 57.8 Å². The van der Waals surface area contributed by atoms with E-state index in [4.69, 9.17) is 4.18 Å². The molecule has 1 aliphatic heterocycles. The van der Waals surface area contributed by atoms with Crippen LogP contribution in [0.25, 0.3) is 0 Å². The van der Waals surface area contributed by atoms with E-state index in [0.717, 1.165) is 25.7 Å². The summed E-state index contributed by atoms with van der Waals surface area (Å²) in [6.07, 6.45) is 15.7. The molecule has 0 aromatic rings. The van der Waals surface area contributed by atoms with Gasteiger partial charge in [0.25, 0.3) is 10.1 Å². The Kier molecular flexibility index (Phi) is 9.53. The zero-order chi connectivity index (χ0) is 14.7. The molecule has 120 valence electrons. The lowest BCUT2D eigenvalue weighted by Crippen LogP contribution is -2.26. The molecule has 1 saturated heterocycles. The normalized spacial score (nSPS) is 21.9. The maximum atomic E-state index is 11.3. The van der Waals surface area contributed by atoms with Gasteiger partial charge in [-0.25, -0.2) is 0 Å². The van der Waals surface area contributed by atoms with Gasteiger partial charge in [0.15, 0.2) is 0 Å². The van der Waals surface area contributed by atoms with Crippen LogP contribution in [0.1, 0.15) is 90.4 Å². The molecule has 0 radical (unpaired) electrons. The van der Waals surface area contributed by atoms with E-state index in [1.54, 1.807) is 0 Å². The van der Waals surface area contributed by atoms with Gasteiger partial charge in [0.1, 0.15) is 0 Å². The van der Waals surface area contributed by atoms with Gasteiger partial charge >= 0.3 is 0 Å². The zero-order valence-electron chi connectivity index (χ0n) is 13.1. The van der Waals surface area contributed by atoms with E-state index in [0.29, 0.717) is 0 Å². The largest absolute Gasteiger partial charge is 0.267 e. The summed E-state index contributed by atoms with van der Waals surface area (Å²) < 4.78 is 27.8. The third-order valence-corrected chi connectivity index (χ3v) is 5.44. The van der Waals surface area contributed by atoms with Crippen LogP contribution in [0.15, 0.2) is 0 Å². The highest BCUT2D eigenvalue weighted by molar-refractivity contribution is 7.86. The van der Waals surface area contributed by atoms with E-state index in [-0.39, 0.29) is 11.9 Å². The molecular weight excluding hydrogens is 272 g/mol. The van der Waals surface area contributed by atoms with Crippen molar-refractivity contribution in [1.29, 1.82) is 0 Å². The van der Waals surface area contributed by atoms with Gasteiger partial charge in [0.05, 0.1) is 11.9 Å². The lowest BCUT2D eigenvalue weighted by Gasteiger charge is -2.21. The predicted molar refractivity (Wildman–Crippen MR) is 84.4 cm³/mol. The van der Waals surface area contributed by atoms with Gasteiger partial charge in [-0.15, -0.1) is 0 Å². The van der Waals surface area contributed by atoms with Crippen LogP contribution < -0.4 is 0 Å². The third-order valence-electron chi connectivity index (χ3n) is 4.08. The summed E-state index contributed by atoms with van der Waals surface area (Å²) in [4.78, 5) is 0. The standard InChI is InChI=1S/C16H32O3S/c1-2-3-4-5-6-7-8-9-10-11-13-16-14-12-15-20(17,18)19-16/h16H,2-15H2,1H3. The molecule has 1 aliphatic rings. The molecular formula is C16H32O3S. The van der Waals surface area contributed by atoms with Crippen molar-refractivity contribution >= 4 is 10.1 Å². The lowest BCUT2D eigenvalue weighted by atomic mass is 10.0.